The van der Waals surface area contributed by atoms with Gasteiger partial charge in [-0.1, -0.05) is 54.1 Å². The third kappa shape index (κ3) is 3.01. The molecule has 0 saturated heterocycles. The predicted octanol–water partition coefficient (Wildman–Crippen LogP) is 4.97. The lowest BCUT2D eigenvalue weighted by molar-refractivity contribution is -0.140. The molecule has 1 atom stereocenters. The lowest BCUT2D eigenvalue weighted by atomic mass is 10.0. The van der Waals surface area contributed by atoms with Crippen LogP contribution in [0.2, 0.25) is 0 Å². The van der Waals surface area contributed by atoms with Crippen molar-refractivity contribution in [1.82, 2.24) is 4.57 Å². The molecule has 4 rings (SSSR count). The Morgan fingerprint density at radius 2 is 1.48 bits per heavy atom. The minimum atomic E-state index is -0.814. The molecule has 0 aliphatic rings. The van der Waals surface area contributed by atoms with Gasteiger partial charge in [-0.3, -0.25) is 0 Å². The summed E-state index contributed by atoms with van der Waals surface area (Å²) in [7, 11) is 0. The summed E-state index contributed by atoms with van der Waals surface area (Å²) >= 11 is 0. The van der Waals surface area contributed by atoms with E-state index < -0.39 is 12.0 Å². The first-order valence-corrected chi connectivity index (χ1v) is 8.38. The van der Waals surface area contributed by atoms with Crippen molar-refractivity contribution in [1.29, 1.82) is 0 Å². The van der Waals surface area contributed by atoms with E-state index in [0.717, 1.165) is 27.1 Å². The molecule has 3 aromatic carbocycles. The number of hydrogen-bond donors (Lipinski definition) is 1. The van der Waals surface area contributed by atoms with Gasteiger partial charge in [0.25, 0.3) is 0 Å². The van der Waals surface area contributed by atoms with Crippen LogP contribution in [0.3, 0.4) is 0 Å². The first-order valence-electron chi connectivity index (χ1n) is 8.38. The summed E-state index contributed by atoms with van der Waals surface area (Å²) in [6.45, 7) is 2.03. The number of carbonyl (C=O) groups is 1. The number of aryl methyl sites for hydroxylation is 1. The average molecular weight is 329 g/mol. The van der Waals surface area contributed by atoms with E-state index in [-0.39, 0.29) is 0 Å². The molecule has 0 bridgehead atoms. The summed E-state index contributed by atoms with van der Waals surface area (Å²) in [6, 6.07) is 19.9. The molecule has 0 aliphatic heterocycles. The Kier molecular flexibility index (Phi) is 3.77. The van der Waals surface area contributed by atoms with Crippen molar-refractivity contribution in [2.45, 2.75) is 19.4 Å². The molecule has 1 N–H and O–H groups in total. The number of aliphatic carboxylic acids is 1. The maximum absolute atomic E-state index is 11.9. The van der Waals surface area contributed by atoms with Crippen LogP contribution >= 0.6 is 0 Å². The van der Waals surface area contributed by atoms with E-state index in [1.165, 1.54) is 5.56 Å². The Bertz CT molecular complexity index is 1010. The van der Waals surface area contributed by atoms with E-state index in [9.17, 15) is 9.90 Å². The van der Waals surface area contributed by atoms with Crippen LogP contribution in [0, 0.1) is 6.92 Å². The standard InChI is InChI=1S/C22H19NO2/c1-15-6-8-16(9-7-15)10-21(22(24)25)23-13-19-11-17-4-2-3-5-18(17)12-20(19)14-23/h2-9,11-14,21H,10H2,1H3,(H,24,25)/t21-/m0/s1. The fourth-order valence-electron chi connectivity index (χ4n) is 3.31. The van der Waals surface area contributed by atoms with Crippen LogP contribution in [0.1, 0.15) is 17.2 Å². The van der Waals surface area contributed by atoms with Gasteiger partial charge in [-0.25, -0.2) is 4.79 Å². The normalized spacial score (nSPS) is 12.5. The van der Waals surface area contributed by atoms with Gasteiger partial charge in [-0.15, -0.1) is 0 Å². The molecule has 0 saturated carbocycles. The molecule has 0 spiro atoms. The molecule has 0 unspecified atom stereocenters. The molecule has 0 fully saturated rings. The van der Waals surface area contributed by atoms with E-state index in [1.807, 2.05) is 60.3 Å². The molecule has 0 amide bonds. The molecule has 124 valence electrons. The zero-order valence-electron chi connectivity index (χ0n) is 14.0. The second-order valence-corrected chi connectivity index (χ2v) is 6.58. The van der Waals surface area contributed by atoms with Crippen molar-refractivity contribution in [2.24, 2.45) is 0 Å². The molecule has 25 heavy (non-hydrogen) atoms. The molecule has 4 aromatic rings. The summed E-state index contributed by atoms with van der Waals surface area (Å²) in [5.74, 6) is -0.814. The van der Waals surface area contributed by atoms with Crippen molar-refractivity contribution in [3.63, 3.8) is 0 Å². The van der Waals surface area contributed by atoms with Gasteiger partial charge in [0.1, 0.15) is 6.04 Å². The summed E-state index contributed by atoms with van der Waals surface area (Å²) < 4.78 is 1.83. The highest BCUT2D eigenvalue weighted by Gasteiger charge is 2.20. The highest BCUT2D eigenvalue weighted by molar-refractivity contribution is 5.98. The van der Waals surface area contributed by atoms with Crippen LogP contribution < -0.4 is 0 Å². The van der Waals surface area contributed by atoms with Crippen molar-refractivity contribution in [3.8, 4) is 0 Å². The summed E-state index contributed by atoms with van der Waals surface area (Å²) in [5, 5.41) is 14.2. The van der Waals surface area contributed by atoms with Crippen LogP contribution in [0.5, 0.6) is 0 Å². The lowest BCUT2D eigenvalue weighted by Crippen LogP contribution is -2.20. The minimum absolute atomic E-state index is 0.468. The van der Waals surface area contributed by atoms with E-state index in [2.05, 4.69) is 24.3 Å². The van der Waals surface area contributed by atoms with Gasteiger partial charge in [0.05, 0.1) is 0 Å². The number of benzene rings is 3. The fourth-order valence-corrected chi connectivity index (χ4v) is 3.31. The van der Waals surface area contributed by atoms with E-state index in [4.69, 9.17) is 0 Å². The van der Waals surface area contributed by atoms with Gasteiger partial charge in [0.2, 0.25) is 0 Å². The van der Waals surface area contributed by atoms with Gasteiger partial charge in [0.15, 0.2) is 0 Å². The van der Waals surface area contributed by atoms with E-state index in [1.54, 1.807) is 0 Å². The van der Waals surface area contributed by atoms with Crippen LogP contribution in [0.4, 0.5) is 0 Å². The Morgan fingerprint density at radius 1 is 0.920 bits per heavy atom. The summed E-state index contributed by atoms with van der Waals surface area (Å²) in [5.41, 5.74) is 2.20. The monoisotopic (exact) mass is 329 g/mol. The lowest BCUT2D eigenvalue weighted by Gasteiger charge is -2.14. The maximum Gasteiger partial charge on any atom is 0.327 e. The van der Waals surface area contributed by atoms with Crippen LogP contribution in [-0.2, 0) is 11.2 Å². The molecule has 0 aliphatic carbocycles. The fraction of sp³-hybridized carbons (Fsp3) is 0.136. The van der Waals surface area contributed by atoms with Gasteiger partial charge >= 0.3 is 5.97 Å². The Morgan fingerprint density at radius 3 is 2.00 bits per heavy atom. The molecule has 0 radical (unpaired) electrons. The Hall–Kier alpha value is -3.07. The molecular formula is C22H19NO2. The second kappa shape index (κ2) is 6.10. The number of carboxylic acids is 1. The minimum Gasteiger partial charge on any atom is -0.480 e. The quantitative estimate of drug-likeness (QED) is 0.574. The van der Waals surface area contributed by atoms with Crippen molar-refractivity contribution in [3.05, 3.63) is 84.2 Å². The van der Waals surface area contributed by atoms with Crippen LogP contribution in [0.15, 0.2) is 73.1 Å². The van der Waals surface area contributed by atoms with E-state index >= 15 is 0 Å². The van der Waals surface area contributed by atoms with Crippen molar-refractivity contribution in [2.75, 3.05) is 0 Å². The second-order valence-electron chi connectivity index (χ2n) is 6.58. The van der Waals surface area contributed by atoms with Gasteiger partial charge in [-0.2, -0.15) is 0 Å². The number of fused-ring (bicyclic) bond motifs is 2. The maximum atomic E-state index is 11.9. The van der Waals surface area contributed by atoms with Crippen LogP contribution in [0.25, 0.3) is 21.5 Å². The number of rotatable bonds is 4. The largest absolute Gasteiger partial charge is 0.480 e. The first kappa shape index (κ1) is 15.5. The molecule has 1 heterocycles. The highest BCUT2D eigenvalue weighted by atomic mass is 16.4. The number of nitrogens with zero attached hydrogens (tertiary/aromatic N) is 1. The number of carboxylic acid groups (broad SMARTS) is 1. The topological polar surface area (TPSA) is 42.2 Å². The smallest absolute Gasteiger partial charge is 0.327 e. The molecule has 3 heteroatoms. The Balaban J connectivity index is 1.75. The predicted molar refractivity (Wildman–Crippen MR) is 101 cm³/mol. The SMILES string of the molecule is Cc1ccc(C[C@@H](C(=O)O)n2cc3cc4ccccc4cc3c2)cc1. The zero-order valence-corrected chi connectivity index (χ0v) is 14.0. The molecule has 3 nitrogen and oxygen atoms in total. The van der Waals surface area contributed by atoms with Crippen molar-refractivity contribution >= 4 is 27.5 Å². The highest BCUT2D eigenvalue weighted by Crippen LogP contribution is 2.26. The zero-order chi connectivity index (χ0) is 17.4. The van der Waals surface area contributed by atoms with Gasteiger partial charge < -0.3 is 9.67 Å². The van der Waals surface area contributed by atoms with Gasteiger partial charge in [0, 0.05) is 18.8 Å². The first-order chi connectivity index (χ1) is 12.1. The van der Waals surface area contributed by atoms with E-state index in [0.29, 0.717) is 6.42 Å². The number of hydrogen-bond acceptors (Lipinski definition) is 1. The van der Waals surface area contributed by atoms with Gasteiger partial charge in [-0.05, 0) is 46.2 Å². The van der Waals surface area contributed by atoms with Crippen molar-refractivity contribution < 1.29 is 9.90 Å². The summed E-state index contributed by atoms with van der Waals surface area (Å²) in [4.78, 5) is 11.9. The average Bonchev–Trinajstić information content (AvgIpc) is 3.01. The Labute approximate surface area is 146 Å². The summed E-state index contributed by atoms with van der Waals surface area (Å²) in [6.07, 6.45) is 4.35. The number of aromatic nitrogens is 1. The molecule has 1 aromatic heterocycles. The third-order valence-corrected chi connectivity index (χ3v) is 4.72. The van der Waals surface area contributed by atoms with Crippen LogP contribution in [-0.4, -0.2) is 15.6 Å². The molecular weight excluding hydrogens is 310 g/mol. The third-order valence-electron chi connectivity index (χ3n) is 4.72.